The number of benzene rings is 3. The summed E-state index contributed by atoms with van der Waals surface area (Å²) in [6.07, 6.45) is 1.14. The van der Waals surface area contributed by atoms with E-state index >= 15 is 0 Å². The monoisotopic (exact) mass is 469 g/mol. The van der Waals surface area contributed by atoms with Gasteiger partial charge in [0.05, 0.1) is 0 Å². The third kappa shape index (κ3) is 5.35. The Balaban J connectivity index is 2.02. The summed E-state index contributed by atoms with van der Waals surface area (Å²) in [7, 11) is -4.59. The highest BCUT2D eigenvalue weighted by atomic mass is 35.5. The van der Waals surface area contributed by atoms with Gasteiger partial charge in [-0.05, 0) is 42.0 Å². The third-order valence-electron chi connectivity index (χ3n) is 4.39. The van der Waals surface area contributed by atoms with Crippen molar-refractivity contribution in [2.24, 2.45) is 0 Å². The average Bonchev–Trinajstić information content (AvgIpc) is 2.75. The normalized spacial score (nSPS) is 11.8. The van der Waals surface area contributed by atoms with Crippen molar-refractivity contribution in [2.75, 3.05) is 10.6 Å². The topological polar surface area (TPSA) is 95.6 Å². The number of hydrogen-bond donors (Lipinski definition) is 2. The van der Waals surface area contributed by atoms with E-state index in [0.717, 1.165) is 6.08 Å². The van der Waals surface area contributed by atoms with Gasteiger partial charge in [0, 0.05) is 16.4 Å². The summed E-state index contributed by atoms with van der Waals surface area (Å²) in [6, 6.07) is 20.2. The van der Waals surface area contributed by atoms with Crippen molar-refractivity contribution >= 4 is 45.1 Å². The van der Waals surface area contributed by atoms with E-state index < -0.39 is 27.3 Å². The molecular formula is C23H20ClN3O4S. The number of nitrogens with zero attached hydrogens (tertiary/aromatic N) is 1. The van der Waals surface area contributed by atoms with Crippen molar-refractivity contribution in [2.45, 2.75) is 5.25 Å². The van der Waals surface area contributed by atoms with Crippen molar-refractivity contribution in [1.29, 1.82) is 0 Å². The molecule has 0 aliphatic heterocycles. The lowest BCUT2D eigenvalue weighted by Gasteiger charge is -2.25. The number of urea groups is 2. The van der Waals surface area contributed by atoms with E-state index in [-0.39, 0.29) is 9.87 Å². The highest BCUT2D eigenvalue weighted by Gasteiger charge is 2.40. The molecule has 0 fully saturated rings. The second-order valence-corrected chi connectivity index (χ2v) is 8.95. The largest absolute Gasteiger partial charge is 0.344 e. The highest BCUT2D eigenvalue weighted by molar-refractivity contribution is 7.90. The Morgan fingerprint density at radius 3 is 1.78 bits per heavy atom. The first-order valence-electron chi connectivity index (χ1n) is 9.47. The minimum absolute atomic E-state index is 0.167. The van der Waals surface area contributed by atoms with Crippen molar-refractivity contribution in [3.8, 4) is 0 Å². The van der Waals surface area contributed by atoms with Crippen LogP contribution >= 0.6 is 11.6 Å². The highest BCUT2D eigenvalue weighted by Crippen LogP contribution is 2.29. The van der Waals surface area contributed by atoms with Crippen LogP contribution in [0, 0.1) is 0 Å². The van der Waals surface area contributed by atoms with Crippen LogP contribution in [0.1, 0.15) is 10.8 Å². The Morgan fingerprint density at radius 2 is 1.34 bits per heavy atom. The lowest BCUT2D eigenvalue weighted by atomic mass is 10.1. The Hall–Kier alpha value is -3.62. The molecular weight excluding hydrogens is 450 g/mol. The average molecular weight is 470 g/mol. The maximum atomic E-state index is 13.5. The molecule has 0 saturated carbocycles. The molecule has 0 heterocycles. The SMILES string of the molecule is C=CC(c1cccc(Cl)c1)S(=O)(=O)N(C(=O)Nc1ccccc1)C(=O)Nc1ccccc1. The van der Waals surface area contributed by atoms with Crippen molar-refractivity contribution in [3.63, 3.8) is 0 Å². The smallest absolute Gasteiger partial charge is 0.307 e. The van der Waals surface area contributed by atoms with Crippen molar-refractivity contribution in [1.82, 2.24) is 4.31 Å². The summed E-state index contributed by atoms with van der Waals surface area (Å²) in [5.74, 6) is 0. The van der Waals surface area contributed by atoms with Gasteiger partial charge >= 0.3 is 12.1 Å². The van der Waals surface area contributed by atoms with Crippen molar-refractivity contribution in [3.05, 3.63) is 108 Å². The van der Waals surface area contributed by atoms with Gasteiger partial charge in [0.15, 0.2) is 0 Å². The summed E-state index contributed by atoms with van der Waals surface area (Å²) in [6.45, 7) is 3.59. The molecule has 3 aromatic rings. The van der Waals surface area contributed by atoms with Crippen LogP contribution in [-0.4, -0.2) is 24.8 Å². The van der Waals surface area contributed by atoms with Gasteiger partial charge in [-0.25, -0.2) is 18.0 Å². The molecule has 0 bridgehead atoms. The van der Waals surface area contributed by atoms with E-state index in [9.17, 15) is 18.0 Å². The summed E-state index contributed by atoms with van der Waals surface area (Å²) in [5.41, 5.74) is 0.906. The minimum atomic E-state index is -4.59. The standard InChI is InChI=1S/C23H20ClN3O4S/c1-2-21(17-10-9-11-18(24)16-17)32(30,31)27(22(28)25-19-12-5-3-6-13-19)23(29)26-20-14-7-4-8-15-20/h2-16,21H,1H2,(H,25,28)(H,26,29). The maximum Gasteiger partial charge on any atom is 0.344 e. The van der Waals surface area contributed by atoms with Crippen LogP contribution in [0.4, 0.5) is 21.0 Å². The number of hydrogen-bond acceptors (Lipinski definition) is 4. The molecule has 164 valence electrons. The third-order valence-corrected chi connectivity index (χ3v) is 6.57. The molecule has 0 aromatic heterocycles. The number of nitrogens with one attached hydrogen (secondary N) is 2. The van der Waals surface area contributed by atoms with Crippen molar-refractivity contribution < 1.29 is 18.0 Å². The minimum Gasteiger partial charge on any atom is -0.307 e. The number of carbonyl (C=O) groups excluding carboxylic acids is 2. The molecule has 1 unspecified atom stereocenters. The predicted molar refractivity (Wildman–Crippen MR) is 126 cm³/mol. The van der Waals surface area contributed by atoms with Crippen LogP contribution in [0.5, 0.6) is 0 Å². The number of amides is 4. The molecule has 0 spiro atoms. The predicted octanol–water partition coefficient (Wildman–Crippen LogP) is 5.66. The van der Waals surface area contributed by atoms with Crippen LogP contribution < -0.4 is 10.6 Å². The molecule has 0 aliphatic carbocycles. The van der Waals surface area contributed by atoms with Gasteiger partial charge in [-0.2, -0.15) is 0 Å². The maximum absolute atomic E-state index is 13.5. The number of halogens is 1. The van der Waals surface area contributed by atoms with E-state index in [4.69, 9.17) is 11.6 Å². The second kappa shape index (κ2) is 10.1. The molecule has 1 atom stereocenters. The molecule has 0 saturated heterocycles. The van der Waals surface area contributed by atoms with Crippen LogP contribution in [0.25, 0.3) is 0 Å². The number of rotatable bonds is 6. The molecule has 32 heavy (non-hydrogen) atoms. The van der Waals surface area contributed by atoms with E-state index in [1.54, 1.807) is 72.8 Å². The van der Waals surface area contributed by atoms with Gasteiger partial charge in [0.2, 0.25) is 0 Å². The summed E-state index contributed by atoms with van der Waals surface area (Å²) in [5, 5.41) is 3.79. The molecule has 9 heteroatoms. The fraction of sp³-hybridized carbons (Fsp3) is 0.0435. The van der Waals surface area contributed by atoms with Gasteiger partial charge in [-0.1, -0.05) is 66.2 Å². The first-order chi connectivity index (χ1) is 15.3. The fourth-order valence-corrected chi connectivity index (χ4v) is 4.65. The Kier molecular flexibility index (Phi) is 7.29. The van der Waals surface area contributed by atoms with Crippen LogP contribution in [-0.2, 0) is 10.0 Å². The van der Waals surface area contributed by atoms with E-state index in [1.807, 2.05) is 0 Å². The first kappa shape index (κ1) is 23.1. The number of sulfonamides is 1. The number of para-hydroxylation sites is 2. The number of carbonyl (C=O) groups is 2. The molecule has 3 aromatic carbocycles. The zero-order chi connectivity index (χ0) is 23.1. The lowest BCUT2D eigenvalue weighted by Crippen LogP contribution is -2.47. The summed E-state index contributed by atoms with van der Waals surface area (Å²) >= 11 is 6.01. The zero-order valence-corrected chi connectivity index (χ0v) is 18.4. The van der Waals surface area contributed by atoms with E-state index in [1.165, 1.54) is 12.1 Å². The molecule has 2 N–H and O–H groups in total. The van der Waals surface area contributed by atoms with Crippen LogP contribution in [0.2, 0.25) is 5.02 Å². The van der Waals surface area contributed by atoms with Crippen LogP contribution in [0.3, 0.4) is 0 Å². The Labute approximate surface area is 191 Å². The van der Waals surface area contributed by atoms with Gasteiger partial charge in [-0.15, -0.1) is 10.9 Å². The number of anilines is 2. The number of imide groups is 1. The fourth-order valence-electron chi connectivity index (χ4n) is 2.94. The van der Waals surface area contributed by atoms with Crippen LogP contribution in [0.15, 0.2) is 97.6 Å². The van der Waals surface area contributed by atoms with Gasteiger partial charge in [0.25, 0.3) is 10.0 Å². The van der Waals surface area contributed by atoms with Gasteiger partial charge < -0.3 is 10.6 Å². The lowest BCUT2D eigenvalue weighted by molar-refractivity contribution is 0.222. The summed E-state index contributed by atoms with van der Waals surface area (Å²) in [4.78, 5) is 26.0. The van der Waals surface area contributed by atoms with Gasteiger partial charge in [-0.3, -0.25) is 0 Å². The Morgan fingerprint density at radius 1 is 0.844 bits per heavy atom. The molecule has 3 rings (SSSR count). The molecule has 4 amide bonds. The molecule has 0 radical (unpaired) electrons. The molecule has 7 nitrogen and oxygen atoms in total. The first-order valence-corrected chi connectivity index (χ1v) is 11.4. The van der Waals surface area contributed by atoms with Gasteiger partial charge in [0.1, 0.15) is 5.25 Å². The molecule has 0 aliphatic rings. The second-order valence-electron chi connectivity index (χ2n) is 6.61. The Bertz CT molecular complexity index is 1160. The van der Waals surface area contributed by atoms with E-state index in [2.05, 4.69) is 17.2 Å². The quantitative estimate of drug-likeness (QED) is 0.455. The zero-order valence-electron chi connectivity index (χ0n) is 16.8. The van der Waals surface area contributed by atoms with E-state index in [0.29, 0.717) is 16.4 Å². The summed E-state index contributed by atoms with van der Waals surface area (Å²) < 4.78 is 27.2.